The summed E-state index contributed by atoms with van der Waals surface area (Å²) < 4.78 is 5.73. The van der Waals surface area contributed by atoms with E-state index in [1.54, 1.807) is 11.3 Å². The Labute approximate surface area is 210 Å². The van der Waals surface area contributed by atoms with Gasteiger partial charge in [-0.3, -0.25) is 9.59 Å². The second-order valence-corrected chi connectivity index (χ2v) is 10.4. The number of aryl methyl sites for hydroxylation is 3. The molecule has 2 aliphatic rings. The van der Waals surface area contributed by atoms with Crippen LogP contribution < -0.4 is 10.1 Å². The summed E-state index contributed by atoms with van der Waals surface area (Å²) in [4.78, 5) is 32.0. The van der Waals surface area contributed by atoms with Crippen LogP contribution in [0.25, 0.3) is 0 Å². The van der Waals surface area contributed by atoms with Gasteiger partial charge in [-0.1, -0.05) is 30.3 Å². The topological polar surface area (TPSA) is 71.5 Å². The smallest absolute Gasteiger partial charge is 0.271 e. The third-order valence-electron chi connectivity index (χ3n) is 7.23. The minimum atomic E-state index is -0.106. The van der Waals surface area contributed by atoms with Gasteiger partial charge in [-0.25, -0.2) is 4.98 Å². The highest BCUT2D eigenvalue weighted by molar-refractivity contribution is 7.09. The summed E-state index contributed by atoms with van der Waals surface area (Å²) in [7, 11) is 0. The molecule has 0 saturated carbocycles. The number of aromatic nitrogens is 1. The highest BCUT2D eigenvalue weighted by atomic mass is 32.1. The number of hydrogen-bond acceptors (Lipinski definition) is 5. The van der Waals surface area contributed by atoms with Gasteiger partial charge in [-0.05, 0) is 73.9 Å². The summed E-state index contributed by atoms with van der Waals surface area (Å²) >= 11 is 1.55. The average Bonchev–Trinajstić information content (AvgIpc) is 3.53. The molecule has 2 amide bonds. The minimum absolute atomic E-state index is 0.0118. The van der Waals surface area contributed by atoms with E-state index in [1.165, 1.54) is 16.7 Å². The number of likely N-dealkylation sites (tertiary alicyclic amines) is 1. The zero-order valence-corrected chi connectivity index (χ0v) is 21.1. The summed E-state index contributed by atoms with van der Waals surface area (Å²) in [6, 6.07) is 14.3. The summed E-state index contributed by atoms with van der Waals surface area (Å²) in [5.41, 5.74) is 5.39. The molecule has 7 heteroatoms. The Morgan fingerprint density at radius 2 is 1.89 bits per heavy atom. The molecule has 1 aliphatic heterocycles. The van der Waals surface area contributed by atoms with Crippen molar-refractivity contribution in [2.45, 2.75) is 51.5 Å². The molecule has 35 heavy (non-hydrogen) atoms. The molecule has 1 saturated heterocycles. The monoisotopic (exact) mass is 489 g/mol. The van der Waals surface area contributed by atoms with Crippen molar-refractivity contribution < 1.29 is 14.3 Å². The largest absolute Gasteiger partial charge is 0.484 e. The van der Waals surface area contributed by atoms with Gasteiger partial charge in [0.15, 0.2) is 6.61 Å². The lowest BCUT2D eigenvalue weighted by Gasteiger charge is -2.31. The maximum atomic E-state index is 12.8. The first-order valence-electron chi connectivity index (χ1n) is 12.3. The van der Waals surface area contributed by atoms with Crippen LogP contribution >= 0.6 is 11.3 Å². The first-order chi connectivity index (χ1) is 17.0. The predicted molar refractivity (Wildman–Crippen MR) is 137 cm³/mol. The van der Waals surface area contributed by atoms with Gasteiger partial charge in [-0.15, -0.1) is 11.3 Å². The lowest BCUT2D eigenvalue weighted by atomic mass is 9.97. The van der Waals surface area contributed by atoms with E-state index < -0.39 is 0 Å². The number of amides is 2. The van der Waals surface area contributed by atoms with E-state index in [0.29, 0.717) is 18.8 Å². The number of thiazole rings is 1. The second-order valence-electron chi connectivity index (χ2n) is 9.52. The molecule has 0 spiro atoms. The Morgan fingerprint density at radius 3 is 2.69 bits per heavy atom. The zero-order valence-electron chi connectivity index (χ0n) is 20.3. The van der Waals surface area contributed by atoms with Gasteiger partial charge in [0.2, 0.25) is 0 Å². The van der Waals surface area contributed by atoms with Crippen LogP contribution in [-0.2, 0) is 11.2 Å². The van der Waals surface area contributed by atoms with E-state index in [2.05, 4.69) is 29.4 Å². The summed E-state index contributed by atoms with van der Waals surface area (Å²) in [5.74, 6) is 0.910. The van der Waals surface area contributed by atoms with E-state index >= 15 is 0 Å². The van der Waals surface area contributed by atoms with E-state index in [-0.39, 0.29) is 30.4 Å². The van der Waals surface area contributed by atoms with E-state index in [1.807, 2.05) is 47.5 Å². The molecular weight excluding hydrogens is 458 g/mol. The Kier molecular flexibility index (Phi) is 6.86. The predicted octanol–water partition coefficient (Wildman–Crippen LogP) is 4.96. The van der Waals surface area contributed by atoms with Gasteiger partial charge in [0.05, 0.1) is 11.0 Å². The lowest BCUT2D eigenvalue weighted by Crippen LogP contribution is -2.40. The van der Waals surface area contributed by atoms with Crippen molar-refractivity contribution in [3.05, 3.63) is 80.8 Å². The highest BCUT2D eigenvalue weighted by Crippen LogP contribution is 2.33. The molecule has 0 bridgehead atoms. The quantitative estimate of drug-likeness (QED) is 0.531. The molecular formula is C28H31N3O3S. The Hall–Kier alpha value is -3.19. The number of fused-ring (bicyclic) bond motifs is 1. The normalized spacial score (nSPS) is 17.8. The van der Waals surface area contributed by atoms with Crippen LogP contribution in [-0.4, -0.2) is 41.4 Å². The zero-order chi connectivity index (χ0) is 24.4. The van der Waals surface area contributed by atoms with Crippen LogP contribution in [0.4, 0.5) is 0 Å². The SMILES string of the molecule is Cc1ccc(OCC(=O)N2CCC(c3nc(C(=O)NC4CCc5ccccc54)cs3)CC2)cc1C. The van der Waals surface area contributed by atoms with Crippen molar-refractivity contribution in [1.82, 2.24) is 15.2 Å². The Morgan fingerprint density at radius 1 is 1.09 bits per heavy atom. The van der Waals surface area contributed by atoms with Crippen molar-refractivity contribution in [2.24, 2.45) is 0 Å². The molecule has 1 unspecified atom stereocenters. The van der Waals surface area contributed by atoms with Gasteiger partial charge in [-0.2, -0.15) is 0 Å². The average molecular weight is 490 g/mol. The van der Waals surface area contributed by atoms with Crippen LogP contribution in [0.15, 0.2) is 47.8 Å². The third kappa shape index (κ3) is 5.25. The van der Waals surface area contributed by atoms with Crippen molar-refractivity contribution in [3.8, 4) is 5.75 Å². The van der Waals surface area contributed by atoms with Crippen molar-refractivity contribution in [1.29, 1.82) is 0 Å². The third-order valence-corrected chi connectivity index (χ3v) is 8.24. The van der Waals surface area contributed by atoms with Gasteiger partial charge < -0.3 is 15.0 Å². The number of carbonyl (C=O) groups is 2. The van der Waals surface area contributed by atoms with E-state index in [9.17, 15) is 9.59 Å². The summed E-state index contributed by atoms with van der Waals surface area (Å²) in [6.07, 6.45) is 3.62. The molecule has 1 N–H and O–H groups in total. The number of hydrogen-bond donors (Lipinski definition) is 1. The fourth-order valence-electron chi connectivity index (χ4n) is 4.93. The number of rotatable bonds is 6. The Balaban J connectivity index is 1.11. The molecule has 2 aromatic carbocycles. The first-order valence-corrected chi connectivity index (χ1v) is 13.2. The lowest BCUT2D eigenvalue weighted by molar-refractivity contribution is -0.134. The molecule has 182 valence electrons. The fourth-order valence-corrected chi connectivity index (χ4v) is 5.91. The van der Waals surface area contributed by atoms with Crippen molar-refractivity contribution >= 4 is 23.2 Å². The van der Waals surface area contributed by atoms with Crippen molar-refractivity contribution in [2.75, 3.05) is 19.7 Å². The summed E-state index contributed by atoms with van der Waals surface area (Å²) in [5, 5.41) is 6.01. The standard InChI is InChI=1S/C28H31N3O3S/c1-18-7-9-22(15-19(18)2)34-16-26(32)31-13-11-21(12-14-31)28-30-25(17-35-28)27(33)29-24-10-8-20-5-3-4-6-23(20)24/h3-7,9,15,17,21,24H,8,10-14,16H2,1-2H3,(H,29,33). The number of nitrogens with zero attached hydrogens (tertiary/aromatic N) is 2. The van der Waals surface area contributed by atoms with Gasteiger partial charge >= 0.3 is 0 Å². The molecule has 6 nitrogen and oxygen atoms in total. The molecule has 1 aliphatic carbocycles. The van der Waals surface area contributed by atoms with Crippen LogP contribution in [0.2, 0.25) is 0 Å². The van der Waals surface area contributed by atoms with Gasteiger partial charge in [0, 0.05) is 24.4 Å². The fraction of sp³-hybridized carbons (Fsp3) is 0.393. The number of piperidine rings is 1. The van der Waals surface area contributed by atoms with Gasteiger partial charge in [0.1, 0.15) is 11.4 Å². The molecule has 1 fully saturated rings. The minimum Gasteiger partial charge on any atom is -0.484 e. The number of benzene rings is 2. The van der Waals surface area contributed by atoms with Crippen molar-refractivity contribution in [3.63, 3.8) is 0 Å². The molecule has 0 radical (unpaired) electrons. The number of ether oxygens (including phenoxy) is 1. The molecule has 1 atom stereocenters. The maximum absolute atomic E-state index is 12.8. The van der Waals surface area contributed by atoms with E-state index in [4.69, 9.17) is 4.74 Å². The van der Waals surface area contributed by atoms with Crippen LogP contribution in [0.1, 0.15) is 69.0 Å². The molecule has 1 aromatic heterocycles. The van der Waals surface area contributed by atoms with E-state index in [0.717, 1.165) is 42.0 Å². The molecule has 2 heterocycles. The van der Waals surface area contributed by atoms with Crippen LogP contribution in [0.5, 0.6) is 5.75 Å². The van der Waals surface area contributed by atoms with Crippen LogP contribution in [0.3, 0.4) is 0 Å². The molecule has 5 rings (SSSR count). The highest BCUT2D eigenvalue weighted by Gasteiger charge is 2.28. The van der Waals surface area contributed by atoms with Gasteiger partial charge in [0.25, 0.3) is 11.8 Å². The van der Waals surface area contributed by atoms with Crippen LogP contribution in [0, 0.1) is 13.8 Å². The number of carbonyl (C=O) groups excluding carboxylic acids is 2. The Bertz CT molecular complexity index is 1230. The molecule has 3 aromatic rings. The number of nitrogens with one attached hydrogen (secondary N) is 1. The summed E-state index contributed by atoms with van der Waals surface area (Å²) in [6.45, 7) is 5.51. The maximum Gasteiger partial charge on any atom is 0.271 e. The first kappa shape index (κ1) is 23.5. The second kappa shape index (κ2) is 10.2.